The van der Waals surface area contributed by atoms with Crippen molar-refractivity contribution in [1.29, 1.82) is 0 Å². The van der Waals surface area contributed by atoms with Gasteiger partial charge < -0.3 is 23.5 Å². The second-order valence-electron chi connectivity index (χ2n) is 6.37. The van der Waals surface area contributed by atoms with Crippen LogP contribution in [-0.4, -0.2) is 38.2 Å². The molecule has 2 aromatic rings. The van der Waals surface area contributed by atoms with Gasteiger partial charge in [-0.2, -0.15) is 0 Å². The van der Waals surface area contributed by atoms with E-state index in [1.807, 2.05) is 29.2 Å². The van der Waals surface area contributed by atoms with Gasteiger partial charge in [-0.1, -0.05) is 0 Å². The minimum Gasteiger partial charge on any atom is -0.493 e. The Kier molecular flexibility index (Phi) is 5.71. The maximum absolute atomic E-state index is 12.8. The lowest BCUT2D eigenvalue weighted by Gasteiger charge is -2.21. The fourth-order valence-electron chi connectivity index (χ4n) is 3.05. The minimum atomic E-state index is 0.137. The van der Waals surface area contributed by atoms with E-state index in [1.54, 1.807) is 27.6 Å². The van der Waals surface area contributed by atoms with Crippen molar-refractivity contribution in [3.8, 4) is 17.2 Å². The number of rotatable bonds is 9. The van der Waals surface area contributed by atoms with Crippen LogP contribution in [0.2, 0.25) is 0 Å². The molecule has 1 saturated carbocycles. The van der Waals surface area contributed by atoms with Gasteiger partial charge in [-0.25, -0.2) is 0 Å². The average molecular weight is 359 g/mol. The second kappa shape index (κ2) is 8.17. The number of carbonyl (C=O) groups excluding carboxylic acids is 1. The van der Waals surface area contributed by atoms with Gasteiger partial charge in [0.05, 0.1) is 34.1 Å². The molecule has 0 atom stereocenters. The zero-order valence-corrected chi connectivity index (χ0v) is 15.5. The molecule has 0 aliphatic heterocycles. The number of nitrogens with zero attached hydrogens (tertiary/aromatic N) is 1. The van der Waals surface area contributed by atoms with Gasteiger partial charge >= 0.3 is 0 Å². The number of hydrogen-bond acceptors (Lipinski definition) is 5. The molecule has 0 N–H and O–H groups in total. The van der Waals surface area contributed by atoms with Crippen molar-refractivity contribution >= 4 is 5.91 Å². The number of carbonyl (C=O) groups is 1. The lowest BCUT2D eigenvalue weighted by atomic mass is 10.1. The van der Waals surface area contributed by atoms with Crippen molar-refractivity contribution in [3.05, 3.63) is 41.9 Å². The Hall–Kier alpha value is -2.63. The van der Waals surface area contributed by atoms with Gasteiger partial charge in [0.1, 0.15) is 5.76 Å². The highest BCUT2D eigenvalue weighted by Crippen LogP contribution is 2.38. The molecule has 0 radical (unpaired) electrons. The fourth-order valence-corrected chi connectivity index (χ4v) is 3.05. The van der Waals surface area contributed by atoms with Crippen LogP contribution in [0.5, 0.6) is 17.2 Å². The summed E-state index contributed by atoms with van der Waals surface area (Å²) >= 11 is 0. The Morgan fingerprint density at radius 3 is 2.35 bits per heavy atom. The fraction of sp³-hybridized carbons (Fsp3) is 0.450. The van der Waals surface area contributed by atoms with Crippen LogP contribution in [0.4, 0.5) is 0 Å². The van der Waals surface area contributed by atoms with Crippen molar-refractivity contribution in [2.45, 2.75) is 38.3 Å². The van der Waals surface area contributed by atoms with Crippen LogP contribution in [0.1, 0.15) is 30.6 Å². The summed E-state index contributed by atoms with van der Waals surface area (Å²) in [5.41, 5.74) is 0.974. The first-order valence-corrected chi connectivity index (χ1v) is 8.77. The summed E-state index contributed by atoms with van der Waals surface area (Å²) in [6.07, 6.45) is 4.81. The molecular weight excluding hydrogens is 334 g/mol. The zero-order valence-electron chi connectivity index (χ0n) is 15.5. The Morgan fingerprint density at radius 2 is 1.85 bits per heavy atom. The summed E-state index contributed by atoms with van der Waals surface area (Å²) < 4.78 is 21.5. The van der Waals surface area contributed by atoms with E-state index >= 15 is 0 Å². The highest BCUT2D eigenvalue weighted by Gasteiger charge is 2.32. The van der Waals surface area contributed by atoms with Crippen LogP contribution in [0, 0.1) is 0 Å². The summed E-state index contributed by atoms with van der Waals surface area (Å²) in [4.78, 5) is 14.7. The zero-order chi connectivity index (χ0) is 18.5. The van der Waals surface area contributed by atoms with Crippen molar-refractivity contribution in [3.63, 3.8) is 0 Å². The first kappa shape index (κ1) is 18.2. The lowest BCUT2D eigenvalue weighted by Crippen LogP contribution is -2.32. The van der Waals surface area contributed by atoms with E-state index in [1.165, 1.54) is 0 Å². The monoisotopic (exact) mass is 359 g/mol. The van der Waals surface area contributed by atoms with E-state index < -0.39 is 0 Å². The van der Waals surface area contributed by atoms with E-state index in [2.05, 4.69) is 0 Å². The second-order valence-corrected chi connectivity index (χ2v) is 6.37. The largest absolute Gasteiger partial charge is 0.493 e. The summed E-state index contributed by atoms with van der Waals surface area (Å²) in [6.45, 7) is 0.533. The van der Waals surface area contributed by atoms with Gasteiger partial charge in [0, 0.05) is 12.5 Å². The molecule has 6 nitrogen and oxygen atoms in total. The number of aryl methyl sites for hydroxylation is 1. The molecule has 0 unspecified atom stereocenters. The van der Waals surface area contributed by atoms with Crippen LogP contribution < -0.4 is 14.2 Å². The van der Waals surface area contributed by atoms with Gasteiger partial charge in [0.2, 0.25) is 11.7 Å². The molecule has 1 aliphatic carbocycles. The Bertz CT molecular complexity index is 712. The molecule has 1 aromatic carbocycles. The summed E-state index contributed by atoms with van der Waals surface area (Å²) in [6, 6.07) is 7.88. The van der Waals surface area contributed by atoms with Crippen LogP contribution in [0.3, 0.4) is 0 Å². The Morgan fingerprint density at radius 1 is 1.15 bits per heavy atom. The summed E-state index contributed by atoms with van der Waals surface area (Å²) in [7, 11) is 4.75. The summed E-state index contributed by atoms with van der Waals surface area (Å²) in [5, 5.41) is 0. The smallest absolute Gasteiger partial charge is 0.223 e. The highest BCUT2D eigenvalue weighted by atomic mass is 16.5. The van der Waals surface area contributed by atoms with Gasteiger partial charge in [0.25, 0.3) is 0 Å². The molecule has 0 spiro atoms. The molecule has 1 heterocycles. The first-order chi connectivity index (χ1) is 12.7. The molecule has 6 heteroatoms. The molecule has 0 bridgehead atoms. The Labute approximate surface area is 153 Å². The van der Waals surface area contributed by atoms with Gasteiger partial charge in [-0.15, -0.1) is 0 Å². The quantitative estimate of drug-likeness (QED) is 0.686. The summed E-state index contributed by atoms with van der Waals surface area (Å²) in [5.74, 6) is 2.71. The van der Waals surface area contributed by atoms with Gasteiger partial charge in [0.15, 0.2) is 11.5 Å². The van der Waals surface area contributed by atoms with Crippen molar-refractivity contribution in [2.75, 3.05) is 21.3 Å². The van der Waals surface area contributed by atoms with Crippen LogP contribution >= 0.6 is 0 Å². The topological polar surface area (TPSA) is 61.1 Å². The van der Waals surface area contributed by atoms with E-state index in [-0.39, 0.29) is 5.91 Å². The maximum Gasteiger partial charge on any atom is 0.223 e. The number of amides is 1. The van der Waals surface area contributed by atoms with E-state index in [9.17, 15) is 4.79 Å². The molecule has 1 aliphatic rings. The minimum absolute atomic E-state index is 0.137. The molecule has 1 fully saturated rings. The SMILES string of the molecule is COc1cc(CCC(=O)N(Cc2ccco2)C2CC2)cc(OC)c1OC. The van der Waals surface area contributed by atoms with E-state index in [0.29, 0.717) is 42.7 Å². The number of methoxy groups -OCH3 is 3. The number of benzene rings is 1. The standard InChI is InChI=1S/C20H25NO5/c1-23-17-11-14(12-18(24-2)20(17)25-3)6-9-19(22)21(15-7-8-15)13-16-5-4-10-26-16/h4-5,10-12,15H,6-9,13H2,1-3H3. The average Bonchev–Trinajstić information content (AvgIpc) is 3.38. The molecule has 3 rings (SSSR count). The van der Waals surface area contributed by atoms with Gasteiger partial charge in [-0.05, 0) is 49.1 Å². The third kappa shape index (κ3) is 4.12. The van der Waals surface area contributed by atoms with Crippen molar-refractivity contribution in [1.82, 2.24) is 4.90 Å². The normalized spacial score (nSPS) is 13.3. The molecule has 26 heavy (non-hydrogen) atoms. The number of furan rings is 1. The predicted molar refractivity (Wildman–Crippen MR) is 96.7 cm³/mol. The highest BCUT2D eigenvalue weighted by molar-refractivity contribution is 5.77. The number of hydrogen-bond donors (Lipinski definition) is 0. The van der Waals surface area contributed by atoms with Crippen LogP contribution in [0.15, 0.2) is 34.9 Å². The third-order valence-corrected chi connectivity index (χ3v) is 4.57. The number of ether oxygens (including phenoxy) is 3. The third-order valence-electron chi connectivity index (χ3n) is 4.57. The molecular formula is C20H25NO5. The van der Waals surface area contributed by atoms with E-state index in [4.69, 9.17) is 18.6 Å². The van der Waals surface area contributed by atoms with Crippen LogP contribution in [-0.2, 0) is 17.8 Å². The van der Waals surface area contributed by atoms with Gasteiger partial charge in [-0.3, -0.25) is 4.79 Å². The Balaban J connectivity index is 1.68. The van der Waals surface area contributed by atoms with Crippen LogP contribution in [0.25, 0.3) is 0 Å². The molecule has 1 amide bonds. The lowest BCUT2D eigenvalue weighted by molar-refractivity contribution is -0.132. The van der Waals surface area contributed by atoms with Crippen molar-refractivity contribution < 1.29 is 23.4 Å². The molecule has 0 saturated heterocycles. The van der Waals surface area contributed by atoms with Crippen molar-refractivity contribution in [2.24, 2.45) is 0 Å². The molecule has 1 aromatic heterocycles. The predicted octanol–water partition coefficient (Wildman–Crippen LogP) is 3.43. The van der Waals surface area contributed by atoms with E-state index in [0.717, 1.165) is 24.2 Å². The maximum atomic E-state index is 12.8. The first-order valence-electron chi connectivity index (χ1n) is 8.77. The molecule has 140 valence electrons.